The molecule has 0 aromatic heterocycles. The molecule has 2 rings (SSSR count). The van der Waals surface area contributed by atoms with Gasteiger partial charge in [0, 0.05) is 45.4 Å². The third kappa shape index (κ3) is 6.09. The molecule has 1 heterocycles. The first-order valence-electron chi connectivity index (χ1n) is 8.84. The molecule has 1 aliphatic rings. The predicted molar refractivity (Wildman–Crippen MR) is 97.6 cm³/mol. The summed E-state index contributed by atoms with van der Waals surface area (Å²) in [5.41, 5.74) is 4.08. The lowest BCUT2D eigenvalue weighted by Crippen LogP contribution is -2.53. The molecule has 1 atom stereocenters. The Kier molecular flexibility index (Phi) is 7.28. The highest BCUT2D eigenvalue weighted by Gasteiger charge is 2.26. The topological polar surface area (TPSA) is 26.7 Å². The first-order valence-corrected chi connectivity index (χ1v) is 8.84. The van der Waals surface area contributed by atoms with Crippen LogP contribution < -0.4 is 0 Å². The number of aryl methyl sites for hydroxylation is 1. The number of aliphatic hydroxyl groups excluding tert-OH is 1. The van der Waals surface area contributed by atoms with E-state index in [1.807, 2.05) is 0 Å². The molecule has 0 radical (unpaired) electrons. The molecule has 23 heavy (non-hydrogen) atoms. The molecule has 0 spiro atoms. The molecule has 0 bridgehead atoms. The van der Waals surface area contributed by atoms with Crippen molar-refractivity contribution in [2.24, 2.45) is 0 Å². The molecule has 1 aliphatic heterocycles. The Bertz CT molecular complexity index is 491. The van der Waals surface area contributed by atoms with E-state index in [2.05, 4.69) is 60.9 Å². The molecule has 0 amide bonds. The second-order valence-electron chi connectivity index (χ2n) is 6.99. The molecule has 1 aromatic carbocycles. The fourth-order valence-electron chi connectivity index (χ4n) is 3.26. The largest absolute Gasteiger partial charge is 0.396 e. The maximum absolute atomic E-state index is 9.42. The van der Waals surface area contributed by atoms with Crippen LogP contribution in [0, 0.1) is 6.92 Å². The van der Waals surface area contributed by atoms with Gasteiger partial charge in [0.05, 0.1) is 0 Å². The van der Waals surface area contributed by atoms with Crippen LogP contribution in [0.25, 0.3) is 0 Å². The van der Waals surface area contributed by atoms with Crippen LogP contribution in [0.15, 0.2) is 35.9 Å². The van der Waals surface area contributed by atoms with Crippen LogP contribution in [0.3, 0.4) is 0 Å². The zero-order valence-electron chi connectivity index (χ0n) is 15.0. The van der Waals surface area contributed by atoms with E-state index in [1.165, 1.54) is 16.7 Å². The fourth-order valence-corrected chi connectivity index (χ4v) is 3.26. The quantitative estimate of drug-likeness (QED) is 0.783. The maximum atomic E-state index is 9.42. The molecular formula is C20H32N2O. The van der Waals surface area contributed by atoms with E-state index >= 15 is 0 Å². The molecule has 3 heteroatoms. The summed E-state index contributed by atoms with van der Waals surface area (Å²) in [6.45, 7) is 12.1. The first kappa shape index (κ1) is 18.2. The minimum Gasteiger partial charge on any atom is -0.396 e. The second-order valence-corrected chi connectivity index (χ2v) is 6.99. The predicted octanol–water partition coefficient (Wildman–Crippen LogP) is 3.22. The van der Waals surface area contributed by atoms with Crippen molar-refractivity contribution in [1.29, 1.82) is 0 Å². The van der Waals surface area contributed by atoms with Crippen LogP contribution in [0.2, 0.25) is 0 Å². The summed E-state index contributed by atoms with van der Waals surface area (Å²) in [7, 11) is 0. The van der Waals surface area contributed by atoms with Gasteiger partial charge in [-0.2, -0.15) is 0 Å². The van der Waals surface area contributed by atoms with Gasteiger partial charge in [-0.3, -0.25) is 4.90 Å². The highest BCUT2D eigenvalue weighted by atomic mass is 16.3. The highest BCUT2D eigenvalue weighted by Crippen LogP contribution is 2.17. The Morgan fingerprint density at radius 2 is 1.96 bits per heavy atom. The number of piperazine rings is 1. The molecule has 1 saturated heterocycles. The number of benzene rings is 1. The molecule has 1 fully saturated rings. The normalized spacial score (nSPS) is 19.7. The van der Waals surface area contributed by atoms with Gasteiger partial charge >= 0.3 is 0 Å². The van der Waals surface area contributed by atoms with E-state index in [1.54, 1.807) is 0 Å². The van der Waals surface area contributed by atoms with Gasteiger partial charge in [-0.25, -0.2) is 0 Å². The highest BCUT2D eigenvalue weighted by molar-refractivity contribution is 5.21. The summed E-state index contributed by atoms with van der Waals surface area (Å²) in [5, 5.41) is 9.42. The minimum atomic E-state index is 0.275. The number of allylic oxidation sites excluding steroid dienone is 1. The zero-order valence-corrected chi connectivity index (χ0v) is 15.0. The van der Waals surface area contributed by atoms with Gasteiger partial charge in [-0.1, -0.05) is 41.5 Å². The summed E-state index contributed by atoms with van der Waals surface area (Å²) in [4.78, 5) is 5.09. The van der Waals surface area contributed by atoms with Crippen LogP contribution in [-0.2, 0) is 6.54 Å². The lowest BCUT2D eigenvalue weighted by atomic mass is 10.1. The number of rotatable bonds is 7. The fraction of sp³-hybridized carbons (Fsp3) is 0.600. The summed E-state index contributed by atoms with van der Waals surface area (Å²) in [6.07, 6.45) is 4.32. The Morgan fingerprint density at radius 3 is 2.61 bits per heavy atom. The molecular weight excluding hydrogens is 284 g/mol. The Hall–Kier alpha value is -1.16. The molecule has 0 unspecified atom stereocenters. The molecule has 3 nitrogen and oxygen atoms in total. The van der Waals surface area contributed by atoms with E-state index < -0.39 is 0 Å². The summed E-state index contributed by atoms with van der Waals surface area (Å²) >= 11 is 0. The average molecular weight is 316 g/mol. The van der Waals surface area contributed by atoms with Crippen LogP contribution in [0.5, 0.6) is 0 Å². The molecule has 0 aliphatic carbocycles. The molecule has 1 N–H and O–H groups in total. The lowest BCUT2D eigenvalue weighted by molar-refractivity contribution is 0.0546. The van der Waals surface area contributed by atoms with Crippen molar-refractivity contribution in [2.45, 2.75) is 46.2 Å². The Labute approximate surface area is 141 Å². The van der Waals surface area contributed by atoms with Gasteiger partial charge in [0.2, 0.25) is 0 Å². The van der Waals surface area contributed by atoms with Crippen molar-refractivity contribution in [3.8, 4) is 0 Å². The Morgan fingerprint density at radius 1 is 1.22 bits per heavy atom. The number of hydrogen-bond donors (Lipinski definition) is 1. The van der Waals surface area contributed by atoms with Gasteiger partial charge in [0.1, 0.15) is 0 Å². The Balaban J connectivity index is 1.90. The number of hydrogen-bond acceptors (Lipinski definition) is 3. The van der Waals surface area contributed by atoms with Crippen molar-refractivity contribution in [3.05, 3.63) is 47.0 Å². The smallest absolute Gasteiger partial charge is 0.0446 e. The van der Waals surface area contributed by atoms with Crippen LogP contribution in [-0.4, -0.2) is 53.7 Å². The van der Waals surface area contributed by atoms with Gasteiger partial charge in [0.25, 0.3) is 0 Å². The molecule has 1 aromatic rings. The standard InChI is InChI=1S/C20H32N2O/c1-17(2)5-4-11-21-12-13-22(20(16-21)10-14-23)15-19-8-6-18(3)7-9-19/h5-9,20,23H,4,10-16H2,1-3H3/t20-/m1/s1. The second kappa shape index (κ2) is 9.21. The van der Waals surface area contributed by atoms with Gasteiger partial charge in [0.15, 0.2) is 0 Å². The van der Waals surface area contributed by atoms with E-state index in [0.717, 1.165) is 45.6 Å². The van der Waals surface area contributed by atoms with Crippen molar-refractivity contribution in [3.63, 3.8) is 0 Å². The van der Waals surface area contributed by atoms with Gasteiger partial charge in [-0.15, -0.1) is 0 Å². The first-order chi connectivity index (χ1) is 11.1. The number of aliphatic hydroxyl groups is 1. The van der Waals surface area contributed by atoms with Crippen LogP contribution in [0.1, 0.15) is 37.8 Å². The number of nitrogens with zero attached hydrogens (tertiary/aromatic N) is 2. The van der Waals surface area contributed by atoms with Crippen molar-refractivity contribution >= 4 is 0 Å². The van der Waals surface area contributed by atoms with E-state index in [4.69, 9.17) is 0 Å². The lowest BCUT2D eigenvalue weighted by Gasteiger charge is -2.41. The van der Waals surface area contributed by atoms with Crippen LogP contribution >= 0.6 is 0 Å². The van der Waals surface area contributed by atoms with Gasteiger partial charge < -0.3 is 10.0 Å². The van der Waals surface area contributed by atoms with Crippen molar-refractivity contribution in [1.82, 2.24) is 9.80 Å². The van der Waals surface area contributed by atoms with E-state index in [9.17, 15) is 5.11 Å². The molecule has 128 valence electrons. The van der Waals surface area contributed by atoms with Crippen molar-refractivity contribution < 1.29 is 5.11 Å². The van der Waals surface area contributed by atoms with Gasteiger partial charge in [-0.05, 0) is 39.2 Å². The summed E-state index contributed by atoms with van der Waals surface area (Å²) in [6, 6.07) is 9.29. The third-order valence-corrected chi connectivity index (χ3v) is 4.66. The van der Waals surface area contributed by atoms with Crippen LogP contribution in [0.4, 0.5) is 0 Å². The van der Waals surface area contributed by atoms with Crippen molar-refractivity contribution in [2.75, 3.05) is 32.8 Å². The maximum Gasteiger partial charge on any atom is 0.0446 e. The summed E-state index contributed by atoms with van der Waals surface area (Å²) in [5.74, 6) is 0. The monoisotopic (exact) mass is 316 g/mol. The summed E-state index contributed by atoms with van der Waals surface area (Å²) < 4.78 is 0. The minimum absolute atomic E-state index is 0.275. The van der Waals surface area contributed by atoms with E-state index in [-0.39, 0.29) is 6.61 Å². The van der Waals surface area contributed by atoms with E-state index in [0.29, 0.717) is 6.04 Å². The molecule has 0 saturated carbocycles. The third-order valence-electron chi connectivity index (χ3n) is 4.66. The SMILES string of the molecule is CC(C)=CCCN1CCN(Cc2ccc(C)cc2)[C@H](CCO)C1. The zero-order chi connectivity index (χ0) is 16.7. The average Bonchev–Trinajstić information content (AvgIpc) is 2.52.